The number of carbonyl (C=O) groups is 1. The third kappa shape index (κ3) is 3.42. The van der Waals surface area contributed by atoms with Crippen molar-refractivity contribution in [1.82, 2.24) is 9.97 Å². The first-order valence-electron chi connectivity index (χ1n) is 7.65. The molecule has 0 aliphatic heterocycles. The number of anilines is 3. The average Bonchev–Trinajstić information content (AvgIpc) is 3.32. The minimum Gasteiger partial charge on any atom is -0.340 e. The topological polar surface area (TPSA) is 66.9 Å². The second kappa shape index (κ2) is 6.13. The Morgan fingerprint density at radius 1 is 1.27 bits per heavy atom. The molecule has 0 radical (unpaired) electrons. The second-order valence-corrected chi connectivity index (χ2v) is 5.66. The van der Waals surface area contributed by atoms with Gasteiger partial charge in [0, 0.05) is 29.1 Å². The molecule has 0 spiro atoms. The molecular weight excluding hydrogens is 276 g/mol. The fraction of sp³-hybridized carbons (Fsp3) is 0.353. The van der Waals surface area contributed by atoms with Gasteiger partial charge >= 0.3 is 0 Å². The highest BCUT2D eigenvalue weighted by Gasteiger charge is 2.29. The highest BCUT2D eigenvalue weighted by molar-refractivity contribution is 5.95. The fourth-order valence-electron chi connectivity index (χ4n) is 2.33. The van der Waals surface area contributed by atoms with Gasteiger partial charge in [-0.3, -0.25) is 4.79 Å². The maximum atomic E-state index is 12.0. The number of nitrogens with zero attached hydrogens (tertiary/aromatic N) is 2. The summed E-state index contributed by atoms with van der Waals surface area (Å²) in [5.41, 5.74) is 3.83. The lowest BCUT2D eigenvalue weighted by Crippen LogP contribution is -2.14. The number of amides is 1. The Morgan fingerprint density at radius 2 is 2.09 bits per heavy atom. The van der Waals surface area contributed by atoms with Crippen LogP contribution in [0.4, 0.5) is 17.2 Å². The van der Waals surface area contributed by atoms with Gasteiger partial charge in [-0.2, -0.15) is 0 Å². The van der Waals surface area contributed by atoms with E-state index < -0.39 is 0 Å². The smallest absolute Gasteiger partial charge is 0.227 e. The predicted octanol–water partition coefficient (Wildman–Crippen LogP) is 3.44. The molecule has 1 fully saturated rings. The third-order valence-electron chi connectivity index (χ3n) is 3.77. The Morgan fingerprint density at radius 3 is 2.77 bits per heavy atom. The third-order valence-corrected chi connectivity index (χ3v) is 3.77. The summed E-state index contributed by atoms with van der Waals surface area (Å²) in [7, 11) is 0. The molecule has 5 nitrogen and oxygen atoms in total. The van der Waals surface area contributed by atoms with Crippen molar-refractivity contribution in [2.24, 2.45) is 5.92 Å². The van der Waals surface area contributed by atoms with Crippen LogP contribution in [0.2, 0.25) is 0 Å². The first kappa shape index (κ1) is 14.5. The predicted molar refractivity (Wildman–Crippen MR) is 87.2 cm³/mol. The largest absolute Gasteiger partial charge is 0.340 e. The number of aryl methyl sites for hydroxylation is 2. The van der Waals surface area contributed by atoms with Gasteiger partial charge in [0.25, 0.3) is 0 Å². The first-order valence-corrected chi connectivity index (χ1v) is 7.65. The van der Waals surface area contributed by atoms with Crippen LogP contribution in [0.5, 0.6) is 0 Å². The van der Waals surface area contributed by atoms with E-state index in [9.17, 15) is 4.79 Å². The molecule has 5 heteroatoms. The van der Waals surface area contributed by atoms with E-state index in [0.29, 0.717) is 0 Å². The molecule has 22 heavy (non-hydrogen) atoms. The van der Waals surface area contributed by atoms with Crippen molar-refractivity contribution in [2.75, 3.05) is 10.6 Å². The molecule has 1 amide bonds. The molecule has 0 atom stereocenters. The van der Waals surface area contributed by atoms with Gasteiger partial charge in [-0.15, -0.1) is 0 Å². The molecular formula is C17H20N4O. The van der Waals surface area contributed by atoms with Crippen LogP contribution in [0.1, 0.15) is 31.0 Å². The lowest BCUT2D eigenvalue weighted by molar-refractivity contribution is -0.117. The average molecular weight is 296 g/mol. The number of carbonyl (C=O) groups excluding carboxylic acids is 1. The van der Waals surface area contributed by atoms with Gasteiger partial charge in [-0.25, -0.2) is 9.97 Å². The molecule has 2 N–H and O–H groups in total. The lowest BCUT2D eigenvalue weighted by Gasteiger charge is -2.13. The van der Waals surface area contributed by atoms with Gasteiger partial charge in [-0.1, -0.05) is 13.0 Å². The minimum absolute atomic E-state index is 0.129. The Hall–Kier alpha value is -2.43. The van der Waals surface area contributed by atoms with E-state index in [1.807, 2.05) is 31.2 Å². The van der Waals surface area contributed by atoms with Crippen LogP contribution in [0.15, 0.2) is 30.6 Å². The van der Waals surface area contributed by atoms with E-state index >= 15 is 0 Å². The normalized spacial score (nSPS) is 13.7. The molecule has 0 unspecified atom stereocenters. The summed E-state index contributed by atoms with van der Waals surface area (Å²) < 4.78 is 0. The zero-order chi connectivity index (χ0) is 15.5. The van der Waals surface area contributed by atoms with E-state index in [0.717, 1.165) is 47.7 Å². The zero-order valence-electron chi connectivity index (χ0n) is 12.9. The standard InChI is InChI=1S/C17H20N4O/c1-3-12-6-7-14(20-16-8-11(2)18-10-19-16)9-15(12)21-17(22)13-4-5-13/h6-10,13H,3-5H2,1-2H3,(H,21,22)(H,18,19,20). The van der Waals surface area contributed by atoms with Crippen LogP contribution in [-0.4, -0.2) is 15.9 Å². The highest BCUT2D eigenvalue weighted by Crippen LogP contribution is 2.31. The maximum Gasteiger partial charge on any atom is 0.227 e. The summed E-state index contributed by atoms with van der Waals surface area (Å²) in [5.74, 6) is 1.08. The van der Waals surface area contributed by atoms with Gasteiger partial charge in [0.1, 0.15) is 12.1 Å². The van der Waals surface area contributed by atoms with Crippen molar-refractivity contribution >= 4 is 23.1 Å². The van der Waals surface area contributed by atoms with Gasteiger partial charge in [0.15, 0.2) is 0 Å². The highest BCUT2D eigenvalue weighted by atomic mass is 16.2. The number of nitrogens with one attached hydrogen (secondary N) is 2. The van der Waals surface area contributed by atoms with E-state index in [4.69, 9.17) is 0 Å². The summed E-state index contributed by atoms with van der Waals surface area (Å²) in [6.07, 6.45) is 4.43. The van der Waals surface area contributed by atoms with E-state index in [1.54, 1.807) is 0 Å². The summed E-state index contributed by atoms with van der Waals surface area (Å²) in [4.78, 5) is 20.3. The Bertz CT molecular complexity index is 695. The van der Waals surface area contributed by atoms with Gasteiger partial charge in [0.2, 0.25) is 5.91 Å². The number of benzene rings is 1. The van der Waals surface area contributed by atoms with Gasteiger partial charge < -0.3 is 10.6 Å². The molecule has 1 heterocycles. The number of hydrogen-bond acceptors (Lipinski definition) is 4. The molecule has 3 rings (SSSR count). The molecule has 0 bridgehead atoms. The van der Waals surface area contributed by atoms with Crippen molar-refractivity contribution in [1.29, 1.82) is 0 Å². The van der Waals surface area contributed by atoms with Crippen LogP contribution in [0, 0.1) is 12.8 Å². The van der Waals surface area contributed by atoms with Gasteiger partial charge in [0.05, 0.1) is 0 Å². The Labute approximate surface area is 130 Å². The molecule has 114 valence electrons. The van der Waals surface area contributed by atoms with Crippen molar-refractivity contribution < 1.29 is 4.79 Å². The molecule has 1 aromatic heterocycles. The lowest BCUT2D eigenvalue weighted by atomic mass is 10.1. The van der Waals surface area contributed by atoms with Crippen molar-refractivity contribution in [3.63, 3.8) is 0 Å². The summed E-state index contributed by atoms with van der Waals surface area (Å²) in [5, 5.41) is 6.30. The van der Waals surface area contributed by atoms with E-state index in [2.05, 4.69) is 27.5 Å². The molecule has 1 saturated carbocycles. The maximum absolute atomic E-state index is 12.0. The monoisotopic (exact) mass is 296 g/mol. The molecule has 2 aromatic rings. The first-order chi connectivity index (χ1) is 10.7. The minimum atomic E-state index is 0.129. The van der Waals surface area contributed by atoms with Crippen LogP contribution < -0.4 is 10.6 Å². The molecule has 1 aliphatic rings. The van der Waals surface area contributed by atoms with Gasteiger partial charge in [-0.05, 0) is 43.9 Å². The quantitative estimate of drug-likeness (QED) is 0.887. The van der Waals surface area contributed by atoms with Crippen LogP contribution >= 0.6 is 0 Å². The van der Waals surface area contributed by atoms with Crippen molar-refractivity contribution in [3.05, 3.63) is 41.9 Å². The van der Waals surface area contributed by atoms with Crippen molar-refractivity contribution in [3.8, 4) is 0 Å². The number of rotatable bonds is 5. The Kier molecular flexibility index (Phi) is 4.04. The second-order valence-electron chi connectivity index (χ2n) is 5.66. The number of hydrogen-bond donors (Lipinski definition) is 2. The fourth-order valence-corrected chi connectivity index (χ4v) is 2.33. The van der Waals surface area contributed by atoms with Crippen molar-refractivity contribution in [2.45, 2.75) is 33.1 Å². The number of aromatic nitrogens is 2. The summed E-state index contributed by atoms with van der Waals surface area (Å²) in [6, 6.07) is 7.90. The molecule has 1 aliphatic carbocycles. The summed E-state index contributed by atoms with van der Waals surface area (Å²) in [6.45, 7) is 4.01. The van der Waals surface area contributed by atoms with Crippen LogP contribution in [-0.2, 0) is 11.2 Å². The van der Waals surface area contributed by atoms with Crippen LogP contribution in [0.25, 0.3) is 0 Å². The van der Waals surface area contributed by atoms with E-state index in [-0.39, 0.29) is 11.8 Å². The Balaban J connectivity index is 1.81. The van der Waals surface area contributed by atoms with Crippen LogP contribution in [0.3, 0.4) is 0 Å². The SMILES string of the molecule is CCc1ccc(Nc2cc(C)ncn2)cc1NC(=O)C1CC1. The zero-order valence-corrected chi connectivity index (χ0v) is 12.9. The molecule has 1 aromatic carbocycles. The van der Waals surface area contributed by atoms with E-state index in [1.165, 1.54) is 6.33 Å². The molecule has 0 saturated heterocycles. The summed E-state index contributed by atoms with van der Waals surface area (Å²) >= 11 is 0.